The van der Waals surface area contributed by atoms with Gasteiger partial charge in [-0.2, -0.15) is 0 Å². The van der Waals surface area contributed by atoms with Crippen LogP contribution in [0.1, 0.15) is 13.3 Å². The van der Waals surface area contributed by atoms with Gasteiger partial charge in [0, 0.05) is 0 Å². The molecule has 1 aliphatic heterocycles. The van der Waals surface area contributed by atoms with Crippen molar-refractivity contribution in [2.75, 3.05) is 33.2 Å². The summed E-state index contributed by atoms with van der Waals surface area (Å²) < 4.78 is -0.833. The summed E-state index contributed by atoms with van der Waals surface area (Å²) in [6, 6.07) is 0. The number of halogens is 2. The van der Waals surface area contributed by atoms with Crippen molar-refractivity contribution in [3.05, 3.63) is 0 Å². The van der Waals surface area contributed by atoms with Crippen LogP contribution in [0.3, 0.4) is 0 Å². The van der Waals surface area contributed by atoms with Crippen molar-refractivity contribution >= 4 is 29.1 Å². The van der Waals surface area contributed by atoms with E-state index < -0.39 is 9.75 Å². The molecular weight excluding hydrogens is 235 g/mol. The summed E-state index contributed by atoms with van der Waals surface area (Å²) >= 11 is 12.0. The van der Waals surface area contributed by atoms with Gasteiger partial charge in [0.2, 0.25) is 5.91 Å². The Hall–Kier alpha value is 0.01000. The van der Waals surface area contributed by atoms with Crippen molar-refractivity contribution in [1.29, 1.82) is 0 Å². The zero-order valence-corrected chi connectivity index (χ0v) is 10.7. The van der Waals surface area contributed by atoms with Crippen LogP contribution >= 0.6 is 23.2 Å². The average molecular weight is 252 g/mol. The number of carbonyl (C=O) groups excluding carboxylic acids is 1. The lowest BCUT2D eigenvalue weighted by atomic mass is 10.1. The van der Waals surface area contributed by atoms with Gasteiger partial charge in [0.05, 0.1) is 38.6 Å². The first kappa shape index (κ1) is 11.5. The highest BCUT2D eigenvalue weighted by atomic mass is 35.5. The van der Waals surface area contributed by atoms with Crippen LogP contribution < -0.4 is 4.90 Å². The molecule has 0 aromatic carbocycles. The number of quaternary nitrogens is 1. The van der Waals surface area contributed by atoms with Gasteiger partial charge >= 0.3 is 0 Å². The topological polar surface area (TPSA) is 24.8 Å². The molecule has 5 heteroatoms. The molecule has 15 heavy (non-hydrogen) atoms. The minimum absolute atomic E-state index is 0.125. The summed E-state index contributed by atoms with van der Waals surface area (Å²) in [6.45, 7) is 5.54. The Morgan fingerprint density at radius 3 is 2.20 bits per heavy atom. The monoisotopic (exact) mass is 251 g/mol. The van der Waals surface area contributed by atoms with Crippen LogP contribution in [0.25, 0.3) is 0 Å². The number of alkyl halides is 2. The maximum Gasteiger partial charge on any atom is 0.232 e. The minimum atomic E-state index is -0.833. The maximum atomic E-state index is 12.2. The number of likely N-dealkylation sites (N-methyl/N-ethyl adjacent to an activating group) is 1. The highest BCUT2D eigenvalue weighted by molar-refractivity contribution is 6.53. The number of amides is 1. The van der Waals surface area contributed by atoms with E-state index in [0.717, 1.165) is 26.2 Å². The van der Waals surface area contributed by atoms with Crippen molar-refractivity contribution < 1.29 is 9.69 Å². The van der Waals surface area contributed by atoms with E-state index in [2.05, 4.69) is 7.05 Å². The fourth-order valence-corrected chi connectivity index (χ4v) is 2.77. The van der Waals surface area contributed by atoms with E-state index in [4.69, 9.17) is 23.2 Å². The number of piperazine rings is 1. The molecule has 1 atom stereocenters. The molecule has 1 saturated carbocycles. The molecule has 1 aliphatic carbocycles. The van der Waals surface area contributed by atoms with Crippen molar-refractivity contribution in [2.45, 2.75) is 17.7 Å². The molecule has 0 aromatic heterocycles. The second kappa shape index (κ2) is 3.51. The molecule has 1 heterocycles. The number of nitrogens with zero attached hydrogens (tertiary/aromatic N) is 1. The average Bonchev–Trinajstić information content (AvgIpc) is 2.67. The SMILES string of the molecule is C[NH+]1CCN(C(=O)[C@@]2(C)CC2(Cl)Cl)CC1. The fourth-order valence-electron chi connectivity index (χ4n) is 2.07. The van der Waals surface area contributed by atoms with E-state index in [0.29, 0.717) is 6.42 Å². The normalized spacial score (nSPS) is 35.3. The standard InChI is InChI=1S/C10H16Cl2N2O/c1-9(7-10(9,11)12)8(15)14-5-3-13(2)4-6-14/h3-7H2,1-2H3/p+1/t9-/m1/s1. The first-order valence-electron chi connectivity index (χ1n) is 5.35. The molecular formula is C10H17Cl2N2O+. The van der Waals surface area contributed by atoms with Crippen molar-refractivity contribution in [1.82, 2.24) is 4.90 Å². The van der Waals surface area contributed by atoms with Crippen LogP contribution in [-0.2, 0) is 4.79 Å². The summed E-state index contributed by atoms with van der Waals surface area (Å²) in [6.07, 6.45) is 0.584. The van der Waals surface area contributed by atoms with Gasteiger partial charge < -0.3 is 9.80 Å². The van der Waals surface area contributed by atoms with Crippen molar-refractivity contribution in [2.24, 2.45) is 5.41 Å². The van der Waals surface area contributed by atoms with Crippen LogP contribution in [0.2, 0.25) is 0 Å². The highest BCUT2D eigenvalue weighted by Gasteiger charge is 2.68. The smallest absolute Gasteiger partial charge is 0.232 e. The Labute approximate surface area is 100 Å². The summed E-state index contributed by atoms with van der Waals surface area (Å²) in [5, 5.41) is 0. The lowest BCUT2D eigenvalue weighted by Crippen LogP contribution is -3.12. The molecule has 86 valence electrons. The van der Waals surface area contributed by atoms with Gasteiger partial charge in [0.25, 0.3) is 0 Å². The quantitative estimate of drug-likeness (QED) is 0.649. The number of carbonyl (C=O) groups is 1. The van der Waals surface area contributed by atoms with Crippen molar-refractivity contribution in [3.63, 3.8) is 0 Å². The second-order valence-electron chi connectivity index (χ2n) is 4.96. The summed E-state index contributed by atoms with van der Waals surface area (Å²) in [7, 11) is 2.15. The van der Waals surface area contributed by atoms with Gasteiger partial charge in [-0.15, -0.1) is 23.2 Å². The van der Waals surface area contributed by atoms with Crippen LogP contribution in [-0.4, -0.2) is 48.4 Å². The molecule has 0 bridgehead atoms. The zero-order chi connectivity index (χ0) is 11.3. The number of hydrogen-bond acceptors (Lipinski definition) is 1. The Morgan fingerprint density at radius 2 is 1.80 bits per heavy atom. The third kappa shape index (κ3) is 1.85. The van der Waals surface area contributed by atoms with E-state index in [1.165, 1.54) is 4.90 Å². The van der Waals surface area contributed by atoms with E-state index in [1.807, 2.05) is 11.8 Å². The molecule has 3 nitrogen and oxygen atoms in total. The first-order chi connectivity index (χ1) is 6.87. The molecule has 0 aromatic rings. The third-order valence-corrected chi connectivity index (χ3v) is 4.74. The van der Waals surface area contributed by atoms with Gasteiger partial charge in [-0.1, -0.05) is 0 Å². The molecule has 0 spiro atoms. The highest BCUT2D eigenvalue weighted by Crippen LogP contribution is 2.64. The summed E-state index contributed by atoms with van der Waals surface area (Å²) in [5.41, 5.74) is -0.540. The molecule has 0 unspecified atom stereocenters. The van der Waals surface area contributed by atoms with Gasteiger partial charge in [-0.05, 0) is 13.3 Å². The Morgan fingerprint density at radius 1 is 1.33 bits per heavy atom. The largest absolute Gasteiger partial charge is 0.334 e. The van der Waals surface area contributed by atoms with Crippen LogP contribution in [0.4, 0.5) is 0 Å². The van der Waals surface area contributed by atoms with Crippen LogP contribution in [0.15, 0.2) is 0 Å². The summed E-state index contributed by atoms with van der Waals surface area (Å²) in [5.74, 6) is 0.125. The second-order valence-corrected chi connectivity index (χ2v) is 6.45. The molecule has 2 fully saturated rings. The van der Waals surface area contributed by atoms with E-state index in [-0.39, 0.29) is 5.91 Å². The number of rotatable bonds is 1. The first-order valence-corrected chi connectivity index (χ1v) is 6.11. The lowest BCUT2D eigenvalue weighted by molar-refractivity contribution is -0.883. The third-order valence-electron chi connectivity index (χ3n) is 3.63. The van der Waals surface area contributed by atoms with E-state index in [9.17, 15) is 4.79 Å². The molecule has 1 N–H and O–H groups in total. The van der Waals surface area contributed by atoms with Crippen molar-refractivity contribution in [3.8, 4) is 0 Å². The number of hydrogen-bond donors (Lipinski definition) is 1. The Balaban J connectivity index is 1.98. The predicted molar refractivity (Wildman–Crippen MR) is 60.4 cm³/mol. The molecule has 2 aliphatic rings. The van der Waals surface area contributed by atoms with Gasteiger partial charge in [0.1, 0.15) is 4.33 Å². The molecule has 2 rings (SSSR count). The fraction of sp³-hybridized carbons (Fsp3) is 0.900. The Bertz CT molecular complexity index is 287. The lowest BCUT2D eigenvalue weighted by Gasteiger charge is -2.32. The van der Waals surface area contributed by atoms with Gasteiger partial charge in [-0.25, -0.2) is 0 Å². The molecule has 1 amide bonds. The van der Waals surface area contributed by atoms with E-state index in [1.54, 1.807) is 0 Å². The van der Waals surface area contributed by atoms with Crippen LogP contribution in [0.5, 0.6) is 0 Å². The maximum absolute atomic E-state index is 12.2. The molecule has 0 radical (unpaired) electrons. The van der Waals surface area contributed by atoms with E-state index >= 15 is 0 Å². The van der Waals surface area contributed by atoms with Gasteiger partial charge in [-0.3, -0.25) is 4.79 Å². The predicted octanol–water partition coefficient (Wildman–Crippen LogP) is -0.0728. The molecule has 1 saturated heterocycles. The zero-order valence-electron chi connectivity index (χ0n) is 9.15. The Kier molecular flexibility index (Phi) is 2.69. The number of nitrogens with one attached hydrogen (secondary N) is 1. The summed E-state index contributed by atoms with van der Waals surface area (Å²) in [4.78, 5) is 15.5. The van der Waals surface area contributed by atoms with Gasteiger partial charge in [0.15, 0.2) is 0 Å². The minimum Gasteiger partial charge on any atom is -0.334 e. The van der Waals surface area contributed by atoms with Crippen LogP contribution in [0, 0.1) is 5.41 Å².